The number of nitrogens with zero attached hydrogens (tertiary/aromatic N) is 1. The third-order valence-electron chi connectivity index (χ3n) is 3.87. The number of carbonyl (C=O) groups excluding carboxylic acids is 1. The van der Waals surface area contributed by atoms with E-state index in [0.717, 1.165) is 9.44 Å². The van der Waals surface area contributed by atoms with Crippen molar-refractivity contribution in [3.63, 3.8) is 0 Å². The highest BCUT2D eigenvalue weighted by Crippen LogP contribution is 2.20. The fourth-order valence-electron chi connectivity index (χ4n) is 2.54. The fraction of sp³-hybridized carbons (Fsp3) is 0.235. The van der Waals surface area contributed by atoms with Gasteiger partial charge in [0.05, 0.1) is 12.5 Å². The Hall–Kier alpha value is -2.87. The highest BCUT2D eigenvalue weighted by atomic mass is 32.1. The van der Waals surface area contributed by atoms with E-state index < -0.39 is 23.2 Å². The molecule has 3 rings (SSSR count). The first-order chi connectivity index (χ1) is 11.9. The second kappa shape index (κ2) is 6.56. The van der Waals surface area contributed by atoms with Crippen molar-refractivity contribution in [3.8, 4) is 5.75 Å². The molecule has 0 bridgehead atoms. The summed E-state index contributed by atoms with van der Waals surface area (Å²) in [5.74, 6) is 0.209. The van der Waals surface area contributed by atoms with Gasteiger partial charge in [-0.05, 0) is 44.2 Å². The number of aromatic nitrogens is 2. The maximum atomic E-state index is 12.6. The topological polar surface area (TPSA) is 93.2 Å². The van der Waals surface area contributed by atoms with Crippen LogP contribution in [-0.2, 0) is 4.79 Å². The fourth-order valence-corrected chi connectivity index (χ4v) is 3.43. The average molecular weight is 359 g/mol. The Balaban J connectivity index is 1.92. The van der Waals surface area contributed by atoms with Gasteiger partial charge < -0.3 is 10.1 Å². The predicted molar refractivity (Wildman–Crippen MR) is 97.8 cm³/mol. The number of methoxy groups -OCH3 is 1. The standard InChI is InChI=1S/C17H17N3O4S/c1-9-8-13-15(25-9)19-17(23)20(16(13)22)10(2)14(21)18-11-4-6-12(24-3)7-5-11/h4-8,10H,1-3H3,(H,18,21)(H,19,23). The third kappa shape index (κ3) is 3.20. The van der Waals surface area contributed by atoms with Gasteiger partial charge >= 0.3 is 5.69 Å². The smallest absolute Gasteiger partial charge is 0.330 e. The lowest BCUT2D eigenvalue weighted by molar-refractivity contribution is -0.119. The highest BCUT2D eigenvalue weighted by Gasteiger charge is 2.21. The van der Waals surface area contributed by atoms with Crippen molar-refractivity contribution >= 4 is 33.1 Å². The van der Waals surface area contributed by atoms with Crippen molar-refractivity contribution in [2.45, 2.75) is 19.9 Å². The van der Waals surface area contributed by atoms with Crippen LogP contribution < -0.4 is 21.3 Å². The Kier molecular flexibility index (Phi) is 4.45. The van der Waals surface area contributed by atoms with Crippen LogP contribution in [0.1, 0.15) is 17.8 Å². The molecule has 2 aromatic heterocycles. The quantitative estimate of drug-likeness (QED) is 0.747. The summed E-state index contributed by atoms with van der Waals surface area (Å²) in [6.45, 7) is 3.37. The minimum absolute atomic E-state index is 0.409. The lowest BCUT2D eigenvalue weighted by Gasteiger charge is -2.14. The molecule has 0 aliphatic rings. The van der Waals surface area contributed by atoms with E-state index >= 15 is 0 Å². The second-order valence-electron chi connectivity index (χ2n) is 5.60. The number of anilines is 1. The maximum absolute atomic E-state index is 12.6. The number of ether oxygens (including phenoxy) is 1. The number of carbonyl (C=O) groups is 1. The van der Waals surface area contributed by atoms with E-state index in [-0.39, 0.29) is 0 Å². The maximum Gasteiger partial charge on any atom is 0.330 e. The summed E-state index contributed by atoms with van der Waals surface area (Å²) >= 11 is 1.33. The summed E-state index contributed by atoms with van der Waals surface area (Å²) in [4.78, 5) is 41.4. The minimum atomic E-state index is -0.956. The van der Waals surface area contributed by atoms with E-state index in [1.54, 1.807) is 37.4 Å². The van der Waals surface area contributed by atoms with Gasteiger partial charge in [-0.15, -0.1) is 11.3 Å². The number of rotatable bonds is 4. The summed E-state index contributed by atoms with van der Waals surface area (Å²) in [6, 6.07) is 7.54. The molecule has 3 aromatic rings. The van der Waals surface area contributed by atoms with E-state index in [1.807, 2.05) is 6.92 Å². The molecule has 1 atom stereocenters. The summed E-state index contributed by atoms with van der Waals surface area (Å²) < 4.78 is 6.00. The molecule has 0 saturated carbocycles. The molecule has 0 saturated heterocycles. The number of amides is 1. The van der Waals surface area contributed by atoms with E-state index in [4.69, 9.17) is 4.74 Å². The van der Waals surface area contributed by atoms with Crippen LogP contribution in [0.5, 0.6) is 5.75 Å². The zero-order valence-corrected chi connectivity index (χ0v) is 14.8. The summed E-state index contributed by atoms with van der Waals surface area (Å²) in [6.07, 6.45) is 0. The Bertz CT molecular complexity index is 1050. The van der Waals surface area contributed by atoms with Gasteiger partial charge in [0.1, 0.15) is 16.6 Å². The zero-order valence-electron chi connectivity index (χ0n) is 14.0. The molecule has 0 aliphatic carbocycles. The Morgan fingerprint density at radius 3 is 2.60 bits per heavy atom. The molecule has 2 N–H and O–H groups in total. The molecule has 2 heterocycles. The molecule has 0 fully saturated rings. The van der Waals surface area contributed by atoms with Crippen molar-refractivity contribution in [3.05, 3.63) is 56.0 Å². The number of aryl methyl sites for hydroxylation is 1. The molecule has 0 radical (unpaired) electrons. The number of hydrogen-bond donors (Lipinski definition) is 2. The SMILES string of the molecule is COc1ccc(NC(=O)C(C)n2c(=O)[nH]c3sc(C)cc3c2=O)cc1. The van der Waals surface area contributed by atoms with Crippen LogP contribution in [0, 0.1) is 6.92 Å². The van der Waals surface area contributed by atoms with Gasteiger partial charge in [-0.2, -0.15) is 0 Å². The number of aromatic amines is 1. The molecule has 1 unspecified atom stereocenters. The van der Waals surface area contributed by atoms with Crippen LogP contribution in [0.2, 0.25) is 0 Å². The van der Waals surface area contributed by atoms with Gasteiger partial charge in [0.25, 0.3) is 5.56 Å². The molecule has 25 heavy (non-hydrogen) atoms. The monoisotopic (exact) mass is 359 g/mol. The largest absolute Gasteiger partial charge is 0.497 e. The molecular formula is C17H17N3O4S. The lowest BCUT2D eigenvalue weighted by Crippen LogP contribution is -2.41. The van der Waals surface area contributed by atoms with Crippen molar-refractivity contribution in [1.82, 2.24) is 9.55 Å². The Labute approximate surface area is 146 Å². The van der Waals surface area contributed by atoms with Crippen molar-refractivity contribution in [1.29, 1.82) is 0 Å². The van der Waals surface area contributed by atoms with Crippen molar-refractivity contribution in [2.75, 3.05) is 12.4 Å². The van der Waals surface area contributed by atoms with Crippen molar-refractivity contribution in [2.24, 2.45) is 0 Å². The number of fused-ring (bicyclic) bond motifs is 1. The molecular weight excluding hydrogens is 342 g/mol. The second-order valence-corrected chi connectivity index (χ2v) is 6.86. The molecule has 8 heteroatoms. The van der Waals surface area contributed by atoms with Gasteiger partial charge in [0, 0.05) is 10.6 Å². The Morgan fingerprint density at radius 1 is 1.28 bits per heavy atom. The van der Waals surface area contributed by atoms with Crippen molar-refractivity contribution < 1.29 is 9.53 Å². The Morgan fingerprint density at radius 2 is 1.96 bits per heavy atom. The third-order valence-corrected chi connectivity index (χ3v) is 4.83. The van der Waals surface area contributed by atoms with E-state index in [2.05, 4.69) is 10.3 Å². The number of nitrogens with one attached hydrogen (secondary N) is 2. The van der Waals surface area contributed by atoms with Gasteiger partial charge in [-0.25, -0.2) is 9.36 Å². The van der Waals surface area contributed by atoms with Crippen LogP contribution in [0.4, 0.5) is 5.69 Å². The molecule has 1 aromatic carbocycles. The van der Waals surface area contributed by atoms with Gasteiger partial charge in [0.2, 0.25) is 5.91 Å². The summed E-state index contributed by atoms with van der Waals surface area (Å²) in [5.41, 5.74) is -0.521. The van der Waals surface area contributed by atoms with Gasteiger partial charge in [-0.3, -0.25) is 14.6 Å². The zero-order chi connectivity index (χ0) is 18.1. The normalized spacial score (nSPS) is 12.1. The van der Waals surface area contributed by atoms with Gasteiger partial charge in [-0.1, -0.05) is 0 Å². The van der Waals surface area contributed by atoms with Crippen LogP contribution in [-0.4, -0.2) is 22.6 Å². The lowest BCUT2D eigenvalue weighted by atomic mass is 10.2. The molecule has 0 aliphatic heterocycles. The van der Waals surface area contributed by atoms with Gasteiger partial charge in [0.15, 0.2) is 0 Å². The molecule has 0 spiro atoms. The van der Waals surface area contributed by atoms with E-state index in [9.17, 15) is 14.4 Å². The van der Waals surface area contributed by atoms with Crippen LogP contribution in [0.25, 0.3) is 10.2 Å². The van der Waals surface area contributed by atoms with Crippen LogP contribution in [0.15, 0.2) is 39.9 Å². The van der Waals surface area contributed by atoms with Crippen LogP contribution >= 0.6 is 11.3 Å². The molecule has 130 valence electrons. The first-order valence-electron chi connectivity index (χ1n) is 7.60. The average Bonchev–Trinajstić information content (AvgIpc) is 2.96. The minimum Gasteiger partial charge on any atom is -0.497 e. The summed E-state index contributed by atoms with van der Waals surface area (Å²) in [7, 11) is 1.55. The number of benzene rings is 1. The summed E-state index contributed by atoms with van der Waals surface area (Å²) in [5, 5.41) is 3.10. The first-order valence-corrected chi connectivity index (χ1v) is 8.42. The highest BCUT2D eigenvalue weighted by molar-refractivity contribution is 7.18. The predicted octanol–water partition coefficient (Wildman–Crippen LogP) is 2.27. The van der Waals surface area contributed by atoms with E-state index in [0.29, 0.717) is 21.7 Å². The molecule has 7 nitrogen and oxygen atoms in total. The number of H-pyrrole nitrogens is 1. The van der Waals surface area contributed by atoms with E-state index in [1.165, 1.54) is 18.3 Å². The number of thiophene rings is 1. The number of hydrogen-bond acceptors (Lipinski definition) is 5. The van der Waals surface area contributed by atoms with Crippen LogP contribution in [0.3, 0.4) is 0 Å². The first kappa shape index (κ1) is 17.0. The molecule has 1 amide bonds.